The molecule has 1 heterocycles. The van der Waals surface area contributed by atoms with Gasteiger partial charge in [-0.25, -0.2) is 0 Å². The van der Waals surface area contributed by atoms with Gasteiger partial charge >= 0.3 is 5.97 Å². The van der Waals surface area contributed by atoms with Gasteiger partial charge in [-0.15, -0.1) is 0 Å². The number of carboxylic acids is 1. The molecule has 19 heavy (non-hydrogen) atoms. The van der Waals surface area contributed by atoms with E-state index in [1.165, 1.54) is 7.11 Å². The topological polar surface area (TPSA) is 67.8 Å². The molecule has 6 heteroatoms. The normalized spacial score (nSPS) is 14.8. The zero-order valence-electron chi connectivity index (χ0n) is 10.6. The van der Waals surface area contributed by atoms with E-state index in [2.05, 4.69) is 21.2 Å². The summed E-state index contributed by atoms with van der Waals surface area (Å²) in [7, 11) is 1.48. The quantitative estimate of drug-likeness (QED) is 0.829. The Morgan fingerprint density at radius 3 is 3.11 bits per heavy atom. The molecule has 5 nitrogen and oxygen atoms in total. The van der Waals surface area contributed by atoms with Crippen molar-refractivity contribution in [2.45, 2.75) is 19.0 Å². The first-order valence-corrected chi connectivity index (χ1v) is 6.80. The number of carboxylic acid groups (broad SMARTS) is 1. The average Bonchev–Trinajstić information content (AvgIpc) is 2.81. The van der Waals surface area contributed by atoms with E-state index in [-0.39, 0.29) is 6.61 Å². The van der Waals surface area contributed by atoms with Crippen molar-refractivity contribution in [1.29, 1.82) is 0 Å². The number of carbonyl (C=O) groups is 1. The fourth-order valence-electron chi connectivity index (χ4n) is 2.09. The first kappa shape index (κ1) is 14.3. The van der Waals surface area contributed by atoms with E-state index in [9.17, 15) is 4.79 Å². The molecule has 1 aliphatic heterocycles. The number of methoxy groups -OCH3 is 1. The van der Waals surface area contributed by atoms with Crippen molar-refractivity contribution in [3.05, 3.63) is 27.7 Å². The van der Waals surface area contributed by atoms with E-state index in [1.807, 2.05) is 12.1 Å². The van der Waals surface area contributed by atoms with Crippen molar-refractivity contribution in [2.75, 3.05) is 20.3 Å². The molecule has 0 aliphatic carbocycles. The third-order valence-electron chi connectivity index (χ3n) is 3.00. The highest BCUT2D eigenvalue weighted by Crippen LogP contribution is 2.32. The summed E-state index contributed by atoms with van der Waals surface area (Å²) in [4.78, 5) is 11.0. The molecular weight excluding hydrogens is 314 g/mol. The Labute approximate surface area is 120 Å². The third-order valence-corrected chi connectivity index (χ3v) is 3.45. The van der Waals surface area contributed by atoms with Gasteiger partial charge in [-0.05, 0) is 17.7 Å². The Balaban J connectivity index is 2.09. The number of benzene rings is 1. The van der Waals surface area contributed by atoms with Crippen molar-refractivity contribution in [1.82, 2.24) is 5.32 Å². The molecule has 0 amide bonds. The van der Waals surface area contributed by atoms with Crippen molar-refractivity contribution in [3.8, 4) is 5.75 Å². The second kappa shape index (κ2) is 6.36. The van der Waals surface area contributed by atoms with Crippen LogP contribution in [0, 0.1) is 0 Å². The largest absolute Gasteiger partial charge is 0.493 e. The van der Waals surface area contributed by atoms with Gasteiger partial charge in [0.05, 0.1) is 13.2 Å². The molecule has 0 radical (unpaired) electrons. The number of fused-ring (bicyclic) bond motifs is 1. The molecule has 0 spiro atoms. The Bertz CT molecular complexity index is 478. The predicted octanol–water partition coefficient (Wildman–Crippen LogP) is 1.57. The summed E-state index contributed by atoms with van der Waals surface area (Å²) in [6, 6.07) is 3.26. The lowest BCUT2D eigenvalue weighted by Gasteiger charge is -2.15. The Morgan fingerprint density at radius 1 is 1.63 bits per heavy atom. The maximum Gasteiger partial charge on any atom is 0.323 e. The van der Waals surface area contributed by atoms with Gasteiger partial charge in [-0.2, -0.15) is 0 Å². The molecular formula is C13H16BrNO4. The number of aliphatic carboxylic acids is 1. The van der Waals surface area contributed by atoms with Crippen LogP contribution in [0.15, 0.2) is 16.6 Å². The van der Waals surface area contributed by atoms with Gasteiger partial charge in [0.2, 0.25) is 0 Å². The minimum Gasteiger partial charge on any atom is -0.493 e. The van der Waals surface area contributed by atoms with Crippen LogP contribution in [0.5, 0.6) is 5.75 Å². The van der Waals surface area contributed by atoms with Gasteiger partial charge in [0.1, 0.15) is 11.8 Å². The number of hydrogen-bond acceptors (Lipinski definition) is 4. The van der Waals surface area contributed by atoms with E-state index in [0.29, 0.717) is 13.2 Å². The van der Waals surface area contributed by atoms with E-state index < -0.39 is 12.0 Å². The highest BCUT2D eigenvalue weighted by Gasteiger charge is 2.20. The van der Waals surface area contributed by atoms with E-state index in [0.717, 1.165) is 27.8 Å². The van der Waals surface area contributed by atoms with Crippen LogP contribution in [0.1, 0.15) is 11.1 Å². The molecule has 1 aromatic rings. The minimum atomic E-state index is -0.922. The molecule has 0 saturated heterocycles. The van der Waals surface area contributed by atoms with Crippen molar-refractivity contribution >= 4 is 21.9 Å². The molecule has 1 atom stereocenters. The van der Waals surface area contributed by atoms with Crippen LogP contribution >= 0.6 is 15.9 Å². The molecule has 1 unspecified atom stereocenters. The van der Waals surface area contributed by atoms with Crippen molar-refractivity contribution in [3.63, 3.8) is 0 Å². The SMILES string of the molecule is COCC(NCc1cc(Br)cc2c1OCC2)C(=O)O. The second-order valence-corrected chi connectivity index (χ2v) is 5.29. The van der Waals surface area contributed by atoms with Crippen LogP contribution in [0.25, 0.3) is 0 Å². The molecule has 2 rings (SSSR count). The van der Waals surface area contributed by atoms with E-state index >= 15 is 0 Å². The lowest BCUT2D eigenvalue weighted by atomic mass is 10.1. The Morgan fingerprint density at radius 2 is 2.42 bits per heavy atom. The number of rotatable bonds is 6. The Kier molecular flexibility index (Phi) is 4.79. The average molecular weight is 330 g/mol. The summed E-state index contributed by atoms with van der Waals surface area (Å²) in [5.41, 5.74) is 2.12. The lowest BCUT2D eigenvalue weighted by Crippen LogP contribution is -2.39. The summed E-state index contributed by atoms with van der Waals surface area (Å²) in [6.45, 7) is 1.24. The van der Waals surface area contributed by atoms with Crippen LogP contribution in [-0.2, 0) is 22.5 Å². The Hall–Kier alpha value is -1.11. The van der Waals surface area contributed by atoms with E-state index in [4.69, 9.17) is 14.6 Å². The molecule has 1 aromatic carbocycles. The zero-order chi connectivity index (χ0) is 13.8. The molecule has 2 N–H and O–H groups in total. The van der Waals surface area contributed by atoms with Crippen LogP contribution in [0.2, 0.25) is 0 Å². The minimum absolute atomic E-state index is 0.131. The monoisotopic (exact) mass is 329 g/mol. The van der Waals surface area contributed by atoms with Crippen molar-refractivity contribution < 1.29 is 19.4 Å². The smallest absolute Gasteiger partial charge is 0.323 e. The number of nitrogens with one attached hydrogen (secondary N) is 1. The maximum atomic E-state index is 11.0. The van der Waals surface area contributed by atoms with Crippen LogP contribution in [0.3, 0.4) is 0 Å². The summed E-state index contributed by atoms with van der Waals surface area (Å²) < 4.78 is 11.5. The molecule has 0 bridgehead atoms. The second-order valence-electron chi connectivity index (χ2n) is 4.38. The first-order chi connectivity index (χ1) is 9.11. The molecule has 1 aliphatic rings. The number of halogens is 1. The summed E-state index contributed by atoms with van der Waals surface area (Å²) in [6.07, 6.45) is 0.891. The fourth-order valence-corrected chi connectivity index (χ4v) is 2.65. The van der Waals surface area contributed by atoms with Crippen LogP contribution in [0.4, 0.5) is 0 Å². The molecule has 0 aromatic heterocycles. The fraction of sp³-hybridized carbons (Fsp3) is 0.462. The molecule has 0 saturated carbocycles. The van der Waals surface area contributed by atoms with E-state index in [1.54, 1.807) is 0 Å². The van der Waals surface area contributed by atoms with Gasteiger partial charge in [-0.3, -0.25) is 10.1 Å². The predicted molar refractivity (Wildman–Crippen MR) is 73.5 cm³/mol. The lowest BCUT2D eigenvalue weighted by molar-refractivity contribution is -0.140. The standard InChI is InChI=1S/C13H16BrNO4/c1-18-7-11(13(16)17)15-6-9-5-10(14)4-8-2-3-19-12(8)9/h4-5,11,15H,2-3,6-7H2,1H3,(H,16,17). The first-order valence-electron chi connectivity index (χ1n) is 6.01. The van der Waals surface area contributed by atoms with Gasteiger partial charge in [0.15, 0.2) is 0 Å². The van der Waals surface area contributed by atoms with Gasteiger partial charge in [0, 0.05) is 30.1 Å². The van der Waals surface area contributed by atoms with Crippen LogP contribution < -0.4 is 10.1 Å². The number of hydrogen-bond donors (Lipinski definition) is 2. The summed E-state index contributed by atoms with van der Waals surface area (Å²) >= 11 is 3.46. The molecule has 104 valence electrons. The van der Waals surface area contributed by atoms with Crippen molar-refractivity contribution in [2.24, 2.45) is 0 Å². The van der Waals surface area contributed by atoms with Gasteiger partial charge in [-0.1, -0.05) is 15.9 Å². The van der Waals surface area contributed by atoms with Crippen LogP contribution in [-0.4, -0.2) is 37.4 Å². The third kappa shape index (κ3) is 3.46. The van der Waals surface area contributed by atoms with Gasteiger partial charge < -0.3 is 14.6 Å². The number of ether oxygens (including phenoxy) is 2. The van der Waals surface area contributed by atoms with Gasteiger partial charge in [0.25, 0.3) is 0 Å². The molecule has 0 fully saturated rings. The maximum absolute atomic E-state index is 11.0. The zero-order valence-corrected chi connectivity index (χ0v) is 12.2. The highest BCUT2D eigenvalue weighted by molar-refractivity contribution is 9.10. The highest BCUT2D eigenvalue weighted by atomic mass is 79.9. The summed E-state index contributed by atoms with van der Waals surface area (Å²) in [5, 5.41) is 12.0. The summed E-state index contributed by atoms with van der Waals surface area (Å²) in [5.74, 6) is -0.0494.